The number of hydrogen-bond acceptors (Lipinski definition) is 2. The Kier molecular flexibility index (Phi) is 7.45. The maximum atomic E-state index is 13.3. The van der Waals surface area contributed by atoms with Crippen molar-refractivity contribution in [2.45, 2.75) is 31.0 Å². The van der Waals surface area contributed by atoms with Crippen molar-refractivity contribution in [3.63, 3.8) is 0 Å². The molecule has 1 N–H and O–H groups in total. The molecule has 0 aromatic heterocycles. The molecule has 1 aliphatic heterocycles. The zero-order valence-electron chi connectivity index (χ0n) is 13.6. The van der Waals surface area contributed by atoms with Crippen LogP contribution in [0.4, 0.5) is 39.5 Å². The Morgan fingerprint density at radius 3 is 1.89 bits per heavy atom. The molecule has 2 rings (SSSR count). The molecule has 0 amide bonds. The summed E-state index contributed by atoms with van der Waals surface area (Å²) in [6.45, 7) is 0.658. The number of halogens is 10. The fraction of sp³-hybridized carbons (Fsp3) is 0.600. The van der Waals surface area contributed by atoms with Gasteiger partial charge in [-0.15, -0.1) is 12.4 Å². The molecule has 27 heavy (non-hydrogen) atoms. The number of benzene rings is 1. The van der Waals surface area contributed by atoms with Crippen molar-refractivity contribution in [2.75, 3.05) is 26.2 Å². The molecule has 2 nitrogen and oxygen atoms in total. The molecule has 1 atom stereocenters. The first-order valence-electron chi connectivity index (χ1n) is 7.59. The lowest BCUT2D eigenvalue weighted by Crippen LogP contribution is -2.46. The van der Waals surface area contributed by atoms with Crippen LogP contribution < -0.4 is 5.32 Å². The molecule has 1 aromatic carbocycles. The molecule has 0 saturated carbocycles. The molecule has 1 heterocycles. The summed E-state index contributed by atoms with van der Waals surface area (Å²) >= 11 is 0. The lowest BCUT2D eigenvalue weighted by atomic mass is 9.93. The van der Waals surface area contributed by atoms with E-state index in [0.717, 1.165) is 0 Å². The molecular weight excluding hydrogens is 415 g/mol. The standard InChI is InChI=1S/C15H15F9N2.ClH/c16-13(17,18)8-12(26-5-3-25-4-6-26)10-2-1-9(14(19,20)21)7-11(10)15(22,23)24;/h1-2,7,12,25H,3-6,8H2;1H/t12-;/m1./s1. The molecule has 1 aliphatic rings. The van der Waals surface area contributed by atoms with Crippen LogP contribution in [0.3, 0.4) is 0 Å². The van der Waals surface area contributed by atoms with Gasteiger partial charge in [0.1, 0.15) is 0 Å². The number of nitrogens with one attached hydrogen (secondary N) is 1. The van der Waals surface area contributed by atoms with E-state index in [2.05, 4.69) is 5.32 Å². The highest BCUT2D eigenvalue weighted by Crippen LogP contribution is 2.43. The van der Waals surface area contributed by atoms with Crippen molar-refractivity contribution in [2.24, 2.45) is 0 Å². The zero-order valence-corrected chi connectivity index (χ0v) is 14.4. The second-order valence-corrected chi connectivity index (χ2v) is 5.92. The van der Waals surface area contributed by atoms with Crippen LogP contribution >= 0.6 is 12.4 Å². The molecule has 1 aromatic rings. The topological polar surface area (TPSA) is 15.3 Å². The van der Waals surface area contributed by atoms with Crippen molar-refractivity contribution >= 4 is 12.4 Å². The van der Waals surface area contributed by atoms with Gasteiger partial charge in [-0.3, -0.25) is 4.90 Å². The van der Waals surface area contributed by atoms with Crippen molar-refractivity contribution in [1.29, 1.82) is 0 Å². The van der Waals surface area contributed by atoms with Crippen LogP contribution in [0.25, 0.3) is 0 Å². The molecule has 1 saturated heterocycles. The average Bonchev–Trinajstić information content (AvgIpc) is 2.50. The predicted molar refractivity (Wildman–Crippen MR) is 81.5 cm³/mol. The van der Waals surface area contributed by atoms with Gasteiger partial charge in [0.05, 0.1) is 17.5 Å². The van der Waals surface area contributed by atoms with Crippen molar-refractivity contribution in [1.82, 2.24) is 10.2 Å². The summed E-state index contributed by atoms with van der Waals surface area (Å²) in [5.41, 5.74) is -4.05. The van der Waals surface area contributed by atoms with Gasteiger partial charge in [0.2, 0.25) is 0 Å². The van der Waals surface area contributed by atoms with E-state index in [9.17, 15) is 39.5 Å². The number of piperazine rings is 1. The van der Waals surface area contributed by atoms with Gasteiger partial charge in [-0.1, -0.05) is 6.07 Å². The molecule has 0 bridgehead atoms. The first-order valence-corrected chi connectivity index (χ1v) is 7.59. The minimum absolute atomic E-state index is 0. The Labute approximate surface area is 155 Å². The fourth-order valence-corrected chi connectivity index (χ4v) is 2.92. The van der Waals surface area contributed by atoms with Gasteiger partial charge in [-0.05, 0) is 17.7 Å². The third kappa shape index (κ3) is 6.42. The normalized spacial score (nSPS) is 18.1. The van der Waals surface area contributed by atoms with E-state index in [0.29, 0.717) is 12.1 Å². The SMILES string of the molecule is Cl.FC(F)(F)C[C@H](c1ccc(C(F)(F)F)cc1C(F)(F)F)N1CCNCC1. The summed E-state index contributed by atoms with van der Waals surface area (Å²) < 4.78 is 117. The van der Waals surface area contributed by atoms with E-state index in [4.69, 9.17) is 0 Å². The lowest BCUT2D eigenvalue weighted by Gasteiger charge is -2.36. The summed E-state index contributed by atoms with van der Waals surface area (Å²) in [7, 11) is 0. The summed E-state index contributed by atoms with van der Waals surface area (Å²) in [5.74, 6) is 0. The Balaban J connectivity index is 0.00000364. The third-order valence-corrected chi connectivity index (χ3v) is 4.06. The summed E-state index contributed by atoms with van der Waals surface area (Å²) in [6, 6.07) is -0.947. The molecule has 0 unspecified atom stereocenters. The zero-order chi connectivity index (χ0) is 19.8. The first-order chi connectivity index (χ1) is 11.8. The van der Waals surface area contributed by atoms with Crippen LogP contribution in [0.1, 0.15) is 29.2 Å². The molecule has 0 spiro atoms. The summed E-state index contributed by atoms with van der Waals surface area (Å²) in [6.07, 6.45) is -16.6. The second-order valence-electron chi connectivity index (χ2n) is 5.92. The molecular formula is C15H16ClF9N2. The molecule has 1 fully saturated rings. The Bertz CT molecular complexity index is 619. The van der Waals surface area contributed by atoms with E-state index in [1.54, 1.807) is 0 Å². The van der Waals surface area contributed by atoms with Gasteiger partial charge in [0.25, 0.3) is 0 Å². The van der Waals surface area contributed by atoms with Crippen molar-refractivity contribution in [3.8, 4) is 0 Å². The highest BCUT2D eigenvalue weighted by atomic mass is 35.5. The van der Waals surface area contributed by atoms with E-state index in [1.807, 2.05) is 0 Å². The van der Waals surface area contributed by atoms with Gasteiger partial charge in [0.15, 0.2) is 0 Å². The molecule has 156 valence electrons. The average molecular weight is 431 g/mol. The van der Waals surface area contributed by atoms with Crippen molar-refractivity contribution < 1.29 is 39.5 Å². The largest absolute Gasteiger partial charge is 0.416 e. The lowest BCUT2D eigenvalue weighted by molar-refractivity contribution is -0.154. The van der Waals surface area contributed by atoms with Crippen LogP contribution in [0.5, 0.6) is 0 Å². The van der Waals surface area contributed by atoms with E-state index >= 15 is 0 Å². The van der Waals surface area contributed by atoms with Gasteiger partial charge >= 0.3 is 18.5 Å². The predicted octanol–water partition coefficient (Wildman–Crippen LogP) is 5.04. The van der Waals surface area contributed by atoms with Gasteiger partial charge in [-0.25, -0.2) is 0 Å². The highest BCUT2D eigenvalue weighted by Gasteiger charge is 2.43. The van der Waals surface area contributed by atoms with Crippen LogP contribution in [-0.2, 0) is 12.4 Å². The van der Waals surface area contributed by atoms with E-state index < -0.39 is 47.7 Å². The molecule has 0 radical (unpaired) electrons. The fourth-order valence-electron chi connectivity index (χ4n) is 2.92. The first kappa shape index (κ1) is 23.8. The van der Waals surface area contributed by atoms with Gasteiger partial charge < -0.3 is 5.32 Å². The third-order valence-electron chi connectivity index (χ3n) is 4.06. The Hall–Kier alpha value is -1.20. The smallest absolute Gasteiger partial charge is 0.314 e. The highest BCUT2D eigenvalue weighted by molar-refractivity contribution is 5.85. The van der Waals surface area contributed by atoms with Crippen LogP contribution in [0.2, 0.25) is 0 Å². The number of rotatable bonds is 3. The minimum atomic E-state index is -5.21. The molecule has 12 heteroatoms. The summed E-state index contributed by atoms with van der Waals surface area (Å²) in [4.78, 5) is 1.21. The maximum Gasteiger partial charge on any atom is 0.416 e. The van der Waals surface area contributed by atoms with E-state index in [1.165, 1.54) is 4.90 Å². The molecule has 0 aliphatic carbocycles. The number of alkyl halides is 9. The minimum Gasteiger partial charge on any atom is -0.314 e. The number of nitrogens with zero attached hydrogens (tertiary/aromatic N) is 1. The van der Waals surface area contributed by atoms with Crippen molar-refractivity contribution in [3.05, 3.63) is 34.9 Å². The maximum absolute atomic E-state index is 13.3. The second kappa shape index (κ2) is 8.44. The van der Waals surface area contributed by atoms with Crippen LogP contribution in [-0.4, -0.2) is 37.3 Å². The Morgan fingerprint density at radius 2 is 1.44 bits per heavy atom. The van der Waals surface area contributed by atoms with Crippen LogP contribution in [0.15, 0.2) is 18.2 Å². The Morgan fingerprint density at radius 1 is 0.889 bits per heavy atom. The van der Waals surface area contributed by atoms with Gasteiger partial charge in [0, 0.05) is 32.2 Å². The monoisotopic (exact) mass is 430 g/mol. The van der Waals surface area contributed by atoms with Crippen LogP contribution in [0, 0.1) is 0 Å². The van der Waals surface area contributed by atoms with E-state index in [-0.39, 0.29) is 44.7 Å². The quantitative estimate of drug-likeness (QED) is 0.676. The number of hydrogen-bond donors (Lipinski definition) is 1. The van der Waals surface area contributed by atoms with Gasteiger partial charge in [-0.2, -0.15) is 39.5 Å². The summed E-state index contributed by atoms with van der Waals surface area (Å²) in [5, 5.41) is 2.86.